The number of methoxy groups -OCH3 is 2. The van der Waals surface area contributed by atoms with Gasteiger partial charge >= 0.3 is 0 Å². The maximum absolute atomic E-state index is 12.1. The molecule has 2 aromatic carbocycles. The molecule has 0 saturated carbocycles. The monoisotopic (exact) mass is 415 g/mol. The van der Waals surface area contributed by atoms with Crippen LogP contribution in [0.25, 0.3) is 6.08 Å². The topological polar surface area (TPSA) is 73.3 Å². The molecule has 3 rings (SSSR count). The fraction of sp³-hybridized carbons (Fsp3) is 0.150. The molecule has 8 heteroatoms. The highest BCUT2D eigenvalue weighted by atomic mass is 35.5. The van der Waals surface area contributed by atoms with Gasteiger partial charge in [0.25, 0.3) is 0 Å². The number of hydrogen-bond acceptors (Lipinski definition) is 6. The molecule has 6 nitrogen and oxygen atoms in total. The van der Waals surface area contributed by atoms with E-state index >= 15 is 0 Å². The molecule has 1 N–H and O–H groups in total. The smallest absolute Gasteiger partial charge is 0.250 e. The fourth-order valence-corrected chi connectivity index (χ4v) is 3.44. The molecule has 1 aromatic heterocycles. The molecule has 0 fully saturated rings. The zero-order chi connectivity index (χ0) is 19.9. The first-order chi connectivity index (χ1) is 13.6. The first-order valence-electron chi connectivity index (χ1n) is 8.36. The van der Waals surface area contributed by atoms with Crippen LogP contribution in [0.4, 0.5) is 5.13 Å². The number of rotatable bonds is 7. The molecule has 3 aromatic rings. The Labute approximate surface area is 171 Å². The van der Waals surface area contributed by atoms with Gasteiger partial charge in [0.05, 0.1) is 14.2 Å². The van der Waals surface area contributed by atoms with E-state index in [1.165, 1.54) is 17.4 Å². The minimum absolute atomic E-state index is 0.297. The van der Waals surface area contributed by atoms with E-state index in [1.54, 1.807) is 26.4 Å². The lowest BCUT2D eigenvalue weighted by Crippen LogP contribution is -2.07. The van der Waals surface area contributed by atoms with Crippen molar-refractivity contribution >= 4 is 40.1 Å². The number of anilines is 1. The van der Waals surface area contributed by atoms with E-state index in [9.17, 15) is 4.79 Å². The molecule has 0 aliphatic rings. The molecular formula is C20H18ClN3O3S. The molecule has 28 heavy (non-hydrogen) atoms. The summed E-state index contributed by atoms with van der Waals surface area (Å²) in [7, 11) is 3.19. The average Bonchev–Trinajstić information content (AvgIpc) is 3.13. The second-order valence-electron chi connectivity index (χ2n) is 5.71. The van der Waals surface area contributed by atoms with Crippen LogP contribution < -0.4 is 14.8 Å². The van der Waals surface area contributed by atoms with Crippen LogP contribution in [0.2, 0.25) is 5.02 Å². The van der Waals surface area contributed by atoms with Gasteiger partial charge in [-0.25, -0.2) is 0 Å². The number of nitrogens with one attached hydrogen (secondary N) is 1. The summed E-state index contributed by atoms with van der Waals surface area (Å²) in [5.74, 6) is 1.03. The Bertz CT molecular complexity index is 1000. The number of amides is 1. The molecule has 0 unspecified atom stereocenters. The maximum atomic E-state index is 12.1. The van der Waals surface area contributed by atoms with E-state index in [4.69, 9.17) is 21.1 Å². The van der Waals surface area contributed by atoms with Gasteiger partial charge in [-0.1, -0.05) is 47.2 Å². The number of ether oxygens (including phenoxy) is 2. The van der Waals surface area contributed by atoms with E-state index in [2.05, 4.69) is 15.5 Å². The summed E-state index contributed by atoms with van der Waals surface area (Å²) in [4.78, 5) is 12.1. The normalized spacial score (nSPS) is 10.8. The van der Waals surface area contributed by atoms with E-state index in [1.807, 2.05) is 36.4 Å². The summed E-state index contributed by atoms with van der Waals surface area (Å²) in [6.45, 7) is 0. The average molecular weight is 416 g/mol. The van der Waals surface area contributed by atoms with Crippen LogP contribution in [0.1, 0.15) is 16.1 Å². The maximum Gasteiger partial charge on any atom is 0.250 e. The van der Waals surface area contributed by atoms with Crippen LogP contribution in [0.3, 0.4) is 0 Å². The SMILES string of the molecule is COc1ccc(Cc2nnc(NC(=O)/C=C/c3ccccc3Cl)s2)cc1OC. The third-order valence-corrected chi connectivity index (χ3v) is 5.00. The lowest BCUT2D eigenvalue weighted by atomic mass is 10.1. The van der Waals surface area contributed by atoms with E-state index < -0.39 is 0 Å². The zero-order valence-corrected chi connectivity index (χ0v) is 16.9. The molecule has 0 aliphatic heterocycles. The van der Waals surface area contributed by atoms with E-state index in [-0.39, 0.29) is 5.91 Å². The van der Waals surface area contributed by atoms with Crippen LogP contribution in [0.15, 0.2) is 48.5 Å². The van der Waals surface area contributed by atoms with Crippen LogP contribution >= 0.6 is 22.9 Å². The first-order valence-corrected chi connectivity index (χ1v) is 9.55. The Morgan fingerprint density at radius 1 is 1.14 bits per heavy atom. The van der Waals surface area contributed by atoms with Gasteiger partial charge in [-0.15, -0.1) is 10.2 Å². The summed E-state index contributed by atoms with van der Waals surface area (Å²) in [5.41, 5.74) is 1.77. The molecule has 1 heterocycles. The predicted molar refractivity (Wildman–Crippen MR) is 111 cm³/mol. The summed E-state index contributed by atoms with van der Waals surface area (Å²) in [6.07, 6.45) is 3.64. The fourth-order valence-electron chi connectivity index (χ4n) is 2.46. The number of carbonyl (C=O) groups excluding carboxylic acids is 1. The van der Waals surface area contributed by atoms with Crippen LogP contribution in [0.5, 0.6) is 11.5 Å². The number of carbonyl (C=O) groups is 1. The van der Waals surface area contributed by atoms with Crippen molar-refractivity contribution in [3.05, 3.63) is 69.7 Å². The minimum atomic E-state index is -0.297. The van der Waals surface area contributed by atoms with Crippen molar-refractivity contribution in [2.45, 2.75) is 6.42 Å². The molecule has 0 atom stereocenters. The first kappa shape index (κ1) is 19.9. The highest BCUT2D eigenvalue weighted by molar-refractivity contribution is 7.15. The number of nitrogens with zero attached hydrogens (tertiary/aromatic N) is 2. The Hall–Kier alpha value is -2.90. The quantitative estimate of drug-likeness (QED) is 0.577. The second-order valence-corrected chi connectivity index (χ2v) is 7.18. The zero-order valence-electron chi connectivity index (χ0n) is 15.3. The van der Waals surface area contributed by atoms with Gasteiger partial charge in [-0.2, -0.15) is 0 Å². The van der Waals surface area contributed by atoms with Gasteiger partial charge in [-0.3, -0.25) is 10.1 Å². The standard InChI is InChI=1S/C20H18ClN3O3S/c1-26-16-9-7-13(11-17(16)27-2)12-19-23-24-20(28-19)22-18(25)10-8-14-5-3-4-6-15(14)21/h3-11H,12H2,1-2H3,(H,22,24,25)/b10-8+. The molecule has 1 amide bonds. The molecule has 0 saturated heterocycles. The molecule has 144 valence electrons. The van der Waals surface area contributed by atoms with Gasteiger partial charge < -0.3 is 9.47 Å². The third kappa shape index (κ3) is 5.09. The molecular weight excluding hydrogens is 398 g/mol. The Morgan fingerprint density at radius 3 is 2.68 bits per heavy atom. The number of aromatic nitrogens is 2. The van der Waals surface area contributed by atoms with Gasteiger partial charge in [0.15, 0.2) is 11.5 Å². The van der Waals surface area contributed by atoms with Gasteiger partial charge in [-0.05, 0) is 35.4 Å². The third-order valence-electron chi connectivity index (χ3n) is 3.82. The van der Waals surface area contributed by atoms with Crippen LogP contribution in [-0.2, 0) is 11.2 Å². The molecule has 0 aliphatic carbocycles. The van der Waals surface area contributed by atoms with Crippen molar-refractivity contribution in [3.8, 4) is 11.5 Å². The molecule has 0 bridgehead atoms. The van der Waals surface area contributed by atoms with Crippen molar-refractivity contribution in [1.29, 1.82) is 0 Å². The number of hydrogen-bond donors (Lipinski definition) is 1. The highest BCUT2D eigenvalue weighted by Crippen LogP contribution is 2.29. The predicted octanol–water partition coefficient (Wildman–Crippen LogP) is 4.45. The summed E-state index contributed by atoms with van der Waals surface area (Å²) in [6, 6.07) is 13.0. The lowest BCUT2D eigenvalue weighted by molar-refractivity contribution is -0.111. The van der Waals surface area contributed by atoms with E-state index in [0.717, 1.165) is 16.1 Å². The van der Waals surface area contributed by atoms with Gasteiger partial charge in [0, 0.05) is 17.5 Å². The van der Waals surface area contributed by atoms with Crippen molar-refractivity contribution in [3.63, 3.8) is 0 Å². The summed E-state index contributed by atoms with van der Waals surface area (Å²) >= 11 is 7.39. The van der Waals surface area contributed by atoms with Crippen molar-refractivity contribution in [2.24, 2.45) is 0 Å². The molecule has 0 spiro atoms. The van der Waals surface area contributed by atoms with Crippen molar-refractivity contribution < 1.29 is 14.3 Å². The summed E-state index contributed by atoms with van der Waals surface area (Å²) in [5, 5.41) is 12.7. The van der Waals surface area contributed by atoms with Crippen molar-refractivity contribution in [2.75, 3.05) is 19.5 Å². The molecule has 0 radical (unpaired) electrons. The Morgan fingerprint density at radius 2 is 1.93 bits per heavy atom. The van der Waals surface area contributed by atoms with Gasteiger partial charge in [0.2, 0.25) is 11.0 Å². The minimum Gasteiger partial charge on any atom is -0.493 e. The van der Waals surface area contributed by atoms with Gasteiger partial charge in [0.1, 0.15) is 5.01 Å². The summed E-state index contributed by atoms with van der Waals surface area (Å²) < 4.78 is 10.6. The van der Waals surface area contributed by atoms with Crippen molar-refractivity contribution in [1.82, 2.24) is 10.2 Å². The largest absolute Gasteiger partial charge is 0.493 e. The Kier molecular flexibility index (Phi) is 6.62. The lowest BCUT2D eigenvalue weighted by Gasteiger charge is -2.08. The van der Waals surface area contributed by atoms with Crippen LogP contribution in [-0.4, -0.2) is 30.3 Å². The number of halogens is 1. The Balaban J connectivity index is 1.62. The van der Waals surface area contributed by atoms with E-state index in [0.29, 0.717) is 28.1 Å². The highest BCUT2D eigenvalue weighted by Gasteiger charge is 2.10. The van der Waals surface area contributed by atoms with Crippen LogP contribution in [0, 0.1) is 0 Å². The second kappa shape index (κ2) is 9.34. The number of benzene rings is 2.